The average molecular weight is 502 g/mol. The standard InChI is InChI=1S/C28H22O9/c1-31-19-7-5-6-16-13-24(37-26(16)19)28(30)35-17-8-9-18-20(14-17)36-21(25(18)29)10-15-11-22(32-2)27(34-4)23(12-15)33-3/h5-14H,1-4H3/b21-10-. The van der Waals surface area contributed by atoms with E-state index in [1.54, 1.807) is 42.5 Å². The number of allylic oxidation sites excluding steroid dienone is 1. The summed E-state index contributed by atoms with van der Waals surface area (Å²) in [6, 6.07) is 14.8. The van der Waals surface area contributed by atoms with E-state index in [2.05, 4.69) is 0 Å². The molecule has 1 aliphatic heterocycles. The van der Waals surface area contributed by atoms with Crippen molar-refractivity contribution in [3.05, 3.63) is 77.2 Å². The minimum Gasteiger partial charge on any atom is -0.493 e. The number of methoxy groups -OCH3 is 4. The molecule has 0 aliphatic carbocycles. The maximum absolute atomic E-state index is 12.9. The number of carbonyl (C=O) groups is 2. The lowest BCUT2D eigenvalue weighted by molar-refractivity contribution is 0.0703. The van der Waals surface area contributed by atoms with Crippen molar-refractivity contribution in [3.63, 3.8) is 0 Å². The second kappa shape index (κ2) is 9.62. The first-order valence-electron chi connectivity index (χ1n) is 11.1. The van der Waals surface area contributed by atoms with Gasteiger partial charge in [0.25, 0.3) is 0 Å². The summed E-state index contributed by atoms with van der Waals surface area (Å²) in [4.78, 5) is 25.6. The highest BCUT2D eigenvalue weighted by molar-refractivity contribution is 6.14. The molecule has 0 spiro atoms. The molecular weight excluding hydrogens is 480 g/mol. The van der Waals surface area contributed by atoms with Crippen LogP contribution in [0.4, 0.5) is 0 Å². The zero-order valence-electron chi connectivity index (χ0n) is 20.4. The van der Waals surface area contributed by atoms with Crippen LogP contribution in [0.25, 0.3) is 17.0 Å². The Balaban J connectivity index is 1.38. The summed E-state index contributed by atoms with van der Waals surface area (Å²) in [6.45, 7) is 0. The summed E-state index contributed by atoms with van der Waals surface area (Å²) in [5, 5.41) is 0.704. The van der Waals surface area contributed by atoms with Crippen molar-refractivity contribution in [2.45, 2.75) is 0 Å². The maximum atomic E-state index is 12.9. The molecule has 0 atom stereocenters. The summed E-state index contributed by atoms with van der Waals surface area (Å²) in [6.07, 6.45) is 1.57. The molecule has 1 aliphatic rings. The largest absolute Gasteiger partial charge is 0.493 e. The van der Waals surface area contributed by atoms with E-state index >= 15 is 0 Å². The van der Waals surface area contributed by atoms with Gasteiger partial charge in [-0.2, -0.15) is 0 Å². The summed E-state index contributed by atoms with van der Waals surface area (Å²) in [5.41, 5.74) is 1.39. The van der Waals surface area contributed by atoms with Gasteiger partial charge in [0.2, 0.25) is 17.3 Å². The highest BCUT2D eigenvalue weighted by Crippen LogP contribution is 2.40. The highest BCUT2D eigenvalue weighted by atomic mass is 16.6. The van der Waals surface area contributed by atoms with E-state index < -0.39 is 5.97 Å². The van der Waals surface area contributed by atoms with E-state index in [-0.39, 0.29) is 28.8 Å². The van der Waals surface area contributed by atoms with Gasteiger partial charge in [-0.3, -0.25) is 4.79 Å². The molecule has 5 rings (SSSR count). The molecule has 37 heavy (non-hydrogen) atoms. The molecule has 1 aromatic heterocycles. The van der Waals surface area contributed by atoms with Crippen molar-refractivity contribution in [3.8, 4) is 34.5 Å². The molecular formula is C28H22O9. The van der Waals surface area contributed by atoms with Crippen molar-refractivity contribution in [1.82, 2.24) is 0 Å². The molecule has 0 saturated heterocycles. The van der Waals surface area contributed by atoms with Crippen LogP contribution in [0.5, 0.6) is 34.5 Å². The van der Waals surface area contributed by atoms with E-state index in [4.69, 9.17) is 32.8 Å². The predicted octanol–water partition coefficient (Wildman–Crippen LogP) is 5.30. The van der Waals surface area contributed by atoms with E-state index in [9.17, 15) is 9.59 Å². The van der Waals surface area contributed by atoms with Crippen LogP contribution in [0, 0.1) is 0 Å². The Labute approximate surface area is 211 Å². The fourth-order valence-electron chi connectivity index (χ4n) is 4.02. The van der Waals surface area contributed by atoms with E-state index in [0.29, 0.717) is 45.1 Å². The lowest BCUT2D eigenvalue weighted by Gasteiger charge is -2.13. The Hall–Kier alpha value is -4.92. The van der Waals surface area contributed by atoms with Crippen LogP contribution in [0.15, 0.2) is 64.8 Å². The first-order chi connectivity index (χ1) is 17.9. The number of Topliss-reactive ketones (excluding diaryl/α,β-unsaturated/α-hetero) is 1. The quantitative estimate of drug-likeness (QED) is 0.189. The Morgan fingerprint density at radius 1 is 0.838 bits per heavy atom. The molecule has 9 heteroatoms. The number of hydrogen-bond donors (Lipinski definition) is 0. The molecule has 0 N–H and O–H groups in total. The summed E-state index contributed by atoms with van der Waals surface area (Å²) >= 11 is 0. The van der Waals surface area contributed by atoms with Crippen molar-refractivity contribution >= 4 is 28.8 Å². The van der Waals surface area contributed by atoms with Gasteiger partial charge in [0.15, 0.2) is 28.6 Å². The van der Waals surface area contributed by atoms with Crippen molar-refractivity contribution in [2.24, 2.45) is 0 Å². The Bertz CT molecular complexity index is 1540. The third-order valence-electron chi connectivity index (χ3n) is 5.77. The van der Waals surface area contributed by atoms with Crippen LogP contribution in [0.2, 0.25) is 0 Å². The fraction of sp³-hybridized carbons (Fsp3) is 0.143. The monoisotopic (exact) mass is 502 g/mol. The molecule has 0 amide bonds. The number of para-hydroxylation sites is 1. The summed E-state index contributed by atoms with van der Waals surface area (Å²) < 4.78 is 38.3. The summed E-state index contributed by atoms with van der Waals surface area (Å²) in [5.74, 6) is 1.37. The second-order valence-corrected chi connectivity index (χ2v) is 7.94. The zero-order valence-corrected chi connectivity index (χ0v) is 20.4. The van der Waals surface area contributed by atoms with Crippen molar-refractivity contribution < 1.29 is 42.4 Å². The predicted molar refractivity (Wildman–Crippen MR) is 133 cm³/mol. The maximum Gasteiger partial charge on any atom is 0.379 e. The molecule has 188 valence electrons. The lowest BCUT2D eigenvalue weighted by Crippen LogP contribution is -2.07. The van der Waals surface area contributed by atoms with Crippen LogP contribution in [0.3, 0.4) is 0 Å². The lowest BCUT2D eigenvalue weighted by atomic mass is 10.1. The van der Waals surface area contributed by atoms with Crippen LogP contribution in [-0.4, -0.2) is 40.2 Å². The highest BCUT2D eigenvalue weighted by Gasteiger charge is 2.29. The van der Waals surface area contributed by atoms with Crippen LogP contribution in [-0.2, 0) is 0 Å². The van der Waals surface area contributed by atoms with Crippen molar-refractivity contribution in [2.75, 3.05) is 28.4 Å². The molecule has 4 aromatic rings. The Morgan fingerprint density at radius 2 is 1.57 bits per heavy atom. The number of ketones is 1. The number of esters is 1. The van der Waals surface area contributed by atoms with Gasteiger partial charge in [-0.25, -0.2) is 4.79 Å². The number of furan rings is 1. The minimum absolute atomic E-state index is 0.0139. The average Bonchev–Trinajstić information content (AvgIpc) is 3.49. The molecule has 0 saturated carbocycles. The molecule has 0 radical (unpaired) electrons. The van der Waals surface area contributed by atoms with Gasteiger partial charge in [-0.05, 0) is 48.0 Å². The minimum atomic E-state index is -0.698. The van der Waals surface area contributed by atoms with Gasteiger partial charge in [-0.15, -0.1) is 0 Å². The van der Waals surface area contributed by atoms with Gasteiger partial charge in [-0.1, -0.05) is 12.1 Å². The molecule has 2 heterocycles. The fourth-order valence-corrected chi connectivity index (χ4v) is 4.02. The first-order valence-corrected chi connectivity index (χ1v) is 11.1. The molecule has 3 aromatic carbocycles. The third-order valence-corrected chi connectivity index (χ3v) is 5.77. The zero-order chi connectivity index (χ0) is 26.1. The SMILES string of the molecule is COc1cc(/C=C2\Oc3cc(OC(=O)c4cc5cccc(OC)c5o4)ccc3C2=O)cc(OC)c1OC. The van der Waals surface area contributed by atoms with Crippen LogP contribution >= 0.6 is 0 Å². The van der Waals surface area contributed by atoms with Gasteiger partial charge in [0, 0.05) is 11.5 Å². The van der Waals surface area contributed by atoms with Gasteiger partial charge in [0.1, 0.15) is 11.5 Å². The number of carbonyl (C=O) groups excluding carboxylic acids is 2. The number of benzene rings is 3. The molecule has 0 unspecified atom stereocenters. The molecule has 0 bridgehead atoms. The van der Waals surface area contributed by atoms with Crippen molar-refractivity contribution in [1.29, 1.82) is 0 Å². The smallest absolute Gasteiger partial charge is 0.379 e. The Morgan fingerprint density at radius 3 is 2.24 bits per heavy atom. The number of fused-ring (bicyclic) bond motifs is 2. The number of ether oxygens (including phenoxy) is 6. The number of rotatable bonds is 7. The van der Waals surface area contributed by atoms with Gasteiger partial charge >= 0.3 is 5.97 Å². The Kier molecular flexibility index (Phi) is 6.19. The van der Waals surface area contributed by atoms with Gasteiger partial charge < -0.3 is 32.8 Å². The summed E-state index contributed by atoms with van der Waals surface area (Å²) in [7, 11) is 6.04. The normalized spacial score (nSPS) is 13.3. The molecule has 0 fully saturated rings. The third kappa shape index (κ3) is 4.31. The van der Waals surface area contributed by atoms with E-state index in [1.165, 1.54) is 46.6 Å². The topological polar surface area (TPSA) is 103 Å². The van der Waals surface area contributed by atoms with E-state index in [0.717, 1.165) is 0 Å². The van der Waals surface area contributed by atoms with Crippen LogP contribution in [0.1, 0.15) is 26.5 Å². The van der Waals surface area contributed by atoms with Crippen LogP contribution < -0.4 is 28.4 Å². The van der Waals surface area contributed by atoms with E-state index in [1.807, 2.05) is 0 Å². The second-order valence-electron chi connectivity index (χ2n) is 7.94. The van der Waals surface area contributed by atoms with Gasteiger partial charge in [0.05, 0.1) is 34.0 Å². The molecule has 9 nitrogen and oxygen atoms in total. The number of hydrogen-bond acceptors (Lipinski definition) is 9. The first kappa shape index (κ1) is 23.8.